The number of carboxylic acid groups (broad SMARTS) is 1. The van der Waals surface area contributed by atoms with E-state index in [1.165, 1.54) is 5.56 Å². The Morgan fingerprint density at radius 3 is 2.91 bits per heavy atom. The summed E-state index contributed by atoms with van der Waals surface area (Å²) in [6.45, 7) is 2.00. The summed E-state index contributed by atoms with van der Waals surface area (Å²) in [5.74, 6) is -0.803. The van der Waals surface area contributed by atoms with Crippen molar-refractivity contribution in [3.63, 3.8) is 0 Å². The number of carbonyl (C=O) groups is 2. The first-order valence-corrected chi connectivity index (χ1v) is 8.99. The molecule has 116 valence electrons. The Labute approximate surface area is 138 Å². The number of benzene rings is 1. The van der Waals surface area contributed by atoms with Crippen molar-refractivity contribution in [1.29, 1.82) is 0 Å². The molecule has 3 aliphatic rings. The van der Waals surface area contributed by atoms with Crippen molar-refractivity contribution in [2.75, 3.05) is 5.33 Å². The SMILES string of the molecule is Cc1cccc2c1[C@H](C(=O)O)[C@@]13CC(=O)[C@@](CBr)(CCC21)C3. The third-order valence-electron chi connectivity index (χ3n) is 6.45. The molecule has 3 aliphatic carbocycles. The van der Waals surface area contributed by atoms with Gasteiger partial charge in [0, 0.05) is 22.6 Å². The first-order chi connectivity index (χ1) is 10.4. The quantitative estimate of drug-likeness (QED) is 0.814. The largest absolute Gasteiger partial charge is 0.481 e. The van der Waals surface area contributed by atoms with Crippen molar-refractivity contribution in [3.05, 3.63) is 34.9 Å². The van der Waals surface area contributed by atoms with Gasteiger partial charge in [0.2, 0.25) is 0 Å². The number of aliphatic carboxylic acids is 1. The average Bonchev–Trinajstić information content (AvgIpc) is 2.89. The monoisotopic (exact) mass is 362 g/mol. The van der Waals surface area contributed by atoms with E-state index in [1.54, 1.807) is 0 Å². The van der Waals surface area contributed by atoms with Crippen LogP contribution in [-0.2, 0) is 9.59 Å². The number of halogens is 1. The number of alkyl halides is 1. The minimum absolute atomic E-state index is 0.224. The molecule has 3 nitrogen and oxygen atoms in total. The molecular weight excluding hydrogens is 344 g/mol. The van der Waals surface area contributed by atoms with E-state index in [0.717, 1.165) is 30.4 Å². The van der Waals surface area contributed by atoms with Crippen molar-refractivity contribution in [2.24, 2.45) is 10.8 Å². The van der Waals surface area contributed by atoms with Crippen molar-refractivity contribution in [1.82, 2.24) is 0 Å². The van der Waals surface area contributed by atoms with E-state index < -0.39 is 17.3 Å². The predicted molar refractivity (Wildman–Crippen MR) is 86.4 cm³/mol. The third kappa shape index (κ3) is 1.52. The molecule has 4 atom stereocenters. The molecule has 0 aromatic heterocycles. The van der Waals surface area contributed by atoms with Gasteiger partial charge in [-0.25, -0.2) is 0 Å². The highest BCUT2D eigenvalue weighted by molar-refractivity contribution is 9.09. The van der Waals surface area contributed by atoms with Crippen molar-refractivity contribution >= 4 is 27.7 Å². The zero-order chi connectivity index (χ0) is 15.7. The minimum Gasteiger partial charge on any atom is -0.481 e. The van der Waals surface area contributed by atoms with E-state index in [4.69, 9.17) is 0 Å². The molecule has 0 saturated heterocycles. The molecule has 0 aliphatic heterocycles. The van der Waals surface area contributed by atoms with Crippen LogP contribution in [0.5, 0.6) is 0 Å². The summed E-state index contributed by atoms with van der Waals surface area (Å²) < 4.78 is 0. The summed E-state index contributed by atoms with van der Waals surface area (Å²) >= 11 is 3.53. The Kier molecular flexibility index (Phi) is 2.91. The fourth-order valence-corrected chi connectivity index (χ4v) is 6.37. The number of hydrogen-bond donors (Lipinski definition) is 1. The summed E-state index contributed by atoms with van der Waals surface area (Å²) in [4.78, 5) is 24.9. The molecule has 0 heterocycles. The molecule has 1 N–H and O–H groups in total. The number of Topliss-reactive ketones (excluding diaryl/α,β-unsaturated/α-hetero) is 1. The Balaban J connectivity index is 1.95. The van der Waals surface area contributed by atoms with Gasteiger partial charge in [0.15, 0.2) is 0 Å². The highest BCUT2D eigenvalue weighted by Gasteiger charge is 2.67. The second-order valence-electron chi connectivity index (χ2n) is 7.36. The molecule has 1 unspecified atom stereocenters. The van der Waals surface area contributed by atoms with Gasteiger partial charge < -0.3 is 5.11 Å². The summed E-state index contributed by atoms with van der Waals surface area (Å²) in [5.41, 5.74) is 2.49. The van der Waals surface area contributed by atoms with Crippen LogP contribution in [0.2, 0.25) is 0 Å². The molecule has 1 aromatic carbocycles. The lowest BCUT2D eigenvalue weighted by Crippen LogP contribution is -2.38. The zero-order valence-electron chi connectivity index (χ0n) is 12.6. The van der Waals surface area contributed by atoms with Crippen LogP contribution >= 0.6 is 15.9 Å². The molecule has 0 amide bonds. The lowest BCUT2D eigenvalue weighted by Gasteiger charge is -2.42. The number of rotatable bonds is 2. The second kappa shape index (κ2) is 4.44. The standard InChI is InChI=1S/C18H19BrO3/c1-10-3-2-4-11-12-5-6-17(9-19)8-18(12,7-13(17)20)15(14(10)11)16(21)22/h2-4,12,15H,5-9H2,1H3,(H,21,22)/t12?,15-,17+,18-/m1/s1. The molecule has 4 rings (SSSR count). The van der Waals surface area contributed by atoms with E-state index in [2.05, 4.69) is 22.0 Å². The Hall–Kier alpha value is -1.16. The number of aryl methyl sites for hydroxylation is 1. The molecular formula is C18H19BrO3. The number of fused-ring (bicyclic) bond motifs is 3. The van der Waals surface area contributed by atoms with Crippen LogP contribution in [0.25, 0.3) is 0 Å². The number of carboxylic acids is 1. The van der Waals surface area contributed by atoms with Crippen LogP contribution in [0, 0.1) is 17.8 Å². The maximum Gasteiger partial charge on any atom is 0.311 e. The number of carbonyl (C=O) groups excluding carboxylic acids is 1. The van der Waals surface area contributed by atoms with E-state index in [9.17, 15) is 14.7 Å². The van der Waals surface area contributed by atoms with Crippen LogP contribution in [0.15, 0.2) is 18.2 Å². The summed E-state index contributed by atoms with van der Waals surface area (Å²) in [7, 11) is 0. The second-order valence-corrected chi connectivity index (χ2v) is 7.92. The van der Waals surface area contributed by atoms with Crippen LogP contribution in [0.4, 0.5) is 0 Å². The smallest absolute Gasteiger partial charge is 0.311 e. The van der Waals surface area contributed by atoms with Gasteiger partial charge in [-0.15, -0.1) is 0 Å². The van der Waals surface area contributed by atoms with Gasteiger partial charge in [-0.2, -0.15) is 0 Å². The zero-order valence-corrected chi connectivity index (χ0v) is 14.1. The maximum atomic E-state index is 12.7. The molecule has 22 heavy (non-hydrogen) atoms. The van der Waals surface area contributed by atoms with Crippen LogP contribution in [0.1, 0.15) is 54.2 Å². The van der Waals surface area contributed by atoms with E-state index in [0.29, 0.717) is 11.8 Å². The molecule has 4 heteroatoms. The van der Waals surface area contributed by atoms with Crippen molar-refractivity contribution in [2.45, 2.75) is 44.4 Å². The fraction of sp³-hybridized carbons (Fsp3) is 0.556. The topological polar surface area (TPSA) is 54.4 Å². The Morgan fingerprint density at radius 2 is 2.23 bits per heavy atom. The van der Waals surface area contributed by atoms with E-state index in [-0.39, 0.29) is 17.1 Å². The van der Waals surface area contributed by atoms with Gasteiger partial charge in [0.1, 0.15) is 5.78 Å². The molecule has 1 spiro atoms. The summed E-state index contributed by atoms with van der Waals surface area (Å²) in [6.07, 6.45) is 2.95. The van der Waals surface area contributed by atoms with Crippen molar-refractivity contribution < 1.29 is 14.7 Å². The van der Waals surface area contributed by atoms with Crippen LogP contribution in [0.3, 0.4) is 0 Å². The average molecular weight is 363 g/mol. The van der Waals surface area contributed by atoms with Gasteiger partial charge in [0.05, 0.1) is 5.92 Å². The van der Waals surface area contributed by atoms with Gasteiger partial charge in [-0.1, -0.05) is 34.1 Å². The van der Waals surface area contributed by atoms with Gasteiger partial charge >= 0.3 is 5.97 Å². The van der Waals surface area contributed by atoms with Gasteiger partial charge in [0.25, 0.3) is 0 Å². The Bertz CT molecular complexity index is 698. The predicted octanol–water partition coefficient (Wildman–Crippen LogP) is 3.78. The molecule has 2 bridgehead atoms. The molecule has 2 fully saturated rings. The summed E-state index contributed by atoms with van der Waals surface area (Å²) in [6, 6.07) is 6.11. The lowest BCUT2D eigenvalue weighted by molar-refractivity contribution is -0.142. The minimum atomic E-state index is -0.766. The highest BCUT2D eigenvalue weighted by atomic mass is 79.9. The number of ketones is 1. The van der Waals surface area contributed by atoms with Gasteiger partial charge in [-0.3, -0.25) is 9.59 Å². The summed E-state index contributed by atoms with van der Waals surface area (Å²) in [5, 5.41) is 10.6. The normalized spacial score (nSPS) is 38.7. The molecule has 0 radical (unpaired) electrons. The highest BCUT2D eigenvalue weighted by Crippen LogP contribution is 2.71. The Morgan fingerprint density at radius 1 is 1.45 bits per heavy atom. The van der Waals surface area contributed by atoms with Gasteiger partial charge in [-0.05, 0) is 48.8 Å². The van der Waals surface area contributed by atoms with Crippen LogP contribution in [-0.4, -0.2) is 22.2 Å². The fourth-order valence-electron chi connectivity index (χ4n) is 5.58. The third-order valence-corrected chi connectivity index (χ3v) is 7.53. The molecule has 2 saturated carbocycles. The molecule has 1 aromatic rings. The van der Waals surface area contributed by atoms with E-state index >= 15 is 0 Å². The first kappa shape index (κ1) is 14.4. The van der Waals surface area contributed by atoms with Crippen molar-refractivity contribution in [3.8, 4) is 0 Å². The number of hydrogen-bond acceptors (Lipinski definition) is 2. The van der Waals surface area contributed by atoms with Crippen LogP contribution < -0.4 is 0 Å². The van der Waals surface area contributed by atoms with E-state index in [1.807, 2.05) is 19.1 Å². The maximum absolute atomic E-state index is 12.7. The lowest BCUT2D eigenvalue weighted by atomic mass is 9.61. The first-order valence-electron chi connectivity index (χ1n) is 7.87.